The van der Waals surface area contributed by atoms with Crippen LogP contribution in [0.3, 0.4) is 0 Å². The largest absolute Gasteiger partial charge is 0.374 e. The lowest BCUT2D eigenvalue weighted by Gasteiger charge is -2.42. The quantitative estimate of drug-likeness (QED) is 0.381. The fraction of sp³-hybridized carbons (Fsp3) is 0.520. The number of nitro groups is 2. The number of piperazine rings is 1. The number of ether oxygens (including phenoxy) is 1. The molecule has 2 aromatic carbocycles. The minimum absolute atomic E-state index is 0.113. The first kappa shape index (κ1) is 25.7. The first-order valence-corrected chi connectivity index (χ1v) is 11.7. The number of non-ortho nitro benzene ring substituents is 2. The minimum Gasteiger partial charge on any atom is -0.374 e. The van der Waals surface area contributed by atoms with Crippen molar-refractivity contribution in [1.82, 2.24) is 9.80 Å². The Morgan fingerprint density at radius 3 is 1.82 bits per heavy atom. The van der Waals surface area contributed by atoms with Crippen LogP contribution in [-0.4, -0.2) is 70.6 Å². The van der Waals surface area contributed by atoms with Gasteiger partial charge in [-0.1, -0.05) is 24.3 Å². The van der Waals surface area contributed by atoms with E-state index in [9.17, 15) is 20.2 Å². The van der Waals surface area contributed by atoms with Gasteiger partial charge >= 0.3 is 0 Å². The van der Waals surface area contributed by atoms with Crippen LogP contribution in [0.25, 0.3) is 0 Å². The van der Waals surface area contributed by atoms with Crippen LogP contribution in [0.1, 0.15) is 31.9 Å². The van der Waals surface area contributed by atoms with Crippen LogP contribution in [0.5, 0.6) is 0 Å². The van der Waals surface area contributed by atoms with Crippen LogP contribution in [-0.2, 0) is 17.6 Å². The minimum atomic E-state index is -0.375. The number of hydrogen-bond acceptors (Lipinski definition) is 7. The highest BCUT2D eigenvalue weighted by atomic mass is 16.6. The van der Waals surface area contributed by atoms with Crippen molar-refractivity contribution in [3.8, 4) is 0 Å². The molecule has 0 N–H and O–H groups in total. The summed E-state index contributed by atoms with van der Waals surface area (Å²) in [5.74, 6) is 0. The second-order valence-corrected chi connectivity index (χ2v) is 9.76. The zero-order chi connectivity index (χ0) is 24.7. The molecule has 34 heavy (non-hydrogen) atoms. The summed E-state index contributed by atoms with van der Waals surface area (Å²) in [4.78, 5) is 25.9. The van der Waals surface area contributed by atoms with E-state index in [1.54, 1.807) is 24.3 Å². The highest BCUT2D eigenvalue weighted by molar-refractivity contribution is 5.33. The molecule has 0 spiro atoms. The van der Waals surface area contributed by atoms with Gasteiger partial charge in [0.05, 0.1) is 22.1 Å². The second kappa shape index (κ2) is 11.5. The van der Waals surface area contributed by atoms with Crippen LogP contribution >= 0.6 is 0 Å². The molecule has 0 radical (unpaired) electrons. The summed E-state index contributed by atoms with van der Waals surface area (Å²) >= 11 is 0. The molecule has 0 amide bonds. The van der Waals surface area contributed by atoms with Crippen LogP contribution < -0.4 is 0 Å². The van der Waals surface area contributed by atoms with E-state index in [2.05, 4.69) is 30.6 Å². The third-order valence-corrected chi connectivity index (χ3v) is 6.10. The predicted octanol–water partition coefficient (Wildman–Crippen LogP) is 4.09. The Bertz CT molecular complexity index is 957. The zero-order valence-electron chi connectivity index (χ0n) is 20.2. The van der Waals surface area contributed by atoms with Gasteiger partial charge < -0.3 is 9.64 Å². The summed E-state index contributed by atoms with van der Waals surface area (Å²) in [7, 11) is 0. The maximum atomic E-state index is 10.9. The Balaban J connectivity index is 1.56. The summed E-state index contributed by atoms with van der Waals surface area (Å²) in [6.07, 6.45) is 1.67. The molecular formula is C25H34N4O5. The van der Waals surface area contributed by atoms with Gasteiger partial charge in [0, 0.05) is 63.0 Å². The SMILES string of the molecule is CC(C)(C)OCC1CN(CCc2ccc([N+](=O)[O-])cc2)CCN1CCc1ccc([N+](=O)[O-])cc1. The van der Waals surface area contributed by atoms with Crippen molar-refractivity contribution in [3.63, 3.8) is 0 Å². The Morgan fingerprint density at radius 1 is 0.853 bits per heavy atom. The predicted molar refractivity (Wildman–Crippen MR) is 131 cm³/mol. The molecule has 0 bridgehead atoms. The Kier molecular flexibility index (Phi) is 8.71. The summed E-state index contributed by atoms with van der Waals surface area (Å²) < 4.78 is 6.13. The lowest BCUT2D eigenvalue weighted by atomic mass is 10.1. The van der Waals surface area contributed by atoms with E-state index >= 15 is 0 Å². The van der Waals surface area contributed by atoms with Gasteiger partial charge in [-0.3, -0.25) is 25.1 Å². The Labute approximate surface area is 200 Å². The maximum absolute atomic E-state index is 10.9. The summed E-state index contributed by atoms with van der Waals surface area (Å²) in [5.41, 5.74) is 2.19. The third-order valence-electron chi connectivity index (χ3n) is 6.10. The molecule has 184 valence electrons. The normalized spacial score (nSPS) is 17.6. The maximum Gasteiger partial charge on any atom is 0.269 e. The monoisotopic (exact) mass is 470 g/mol. The highest BCUT2D eigenvalue weighted by Gasteiger charge is 2.28. The molecule has 0 aliphatic carbocycles. The van der Waals surface area contributed by atoms with Crippen molar-refractivity contribution in [3.05, 3.63) is 79.9 Å². The van der Waals surface area contributed by atoms with Gasteiger partial charge in [0.15, 0.2) is 0 Å². The third kappa shape index (κ3) is 7.86. The zero-order valence-corrected chi connectivity index (χ0v) is 20.2. The Hall–Kier alpha value is -2.88. The van der Waals surface area contributed by atoms with Crippen molar-refractivity contribution in [2.24, 2.45) is 0 Å². The number of rotatable bonds is 10. The van der Waals surface area contributed by atoms with E-state index in [0.29, 0.717) is 6.61 Å². The highest BCUT2D eigenvalue weighted by Crippen LogP contribution is 2.18. The molecule has 1 unspecified atom stereocenters. The average molecular weight is 471 g/mol. The van der Waals surface area contributed by atoms with Crippen LogP contribution in [0.15, 0.2) is 48.5 Å². The summed E-state index contributed by atoms with van der Waals surface area (Å²) in [6.45, 7) is 11.3. The van der Waals surface area contributed by atoms with Gasteiger partial charge in [0.1, 0.15) is 0 Å². The molecule has 1 fully saturated rings. The van der Waals surface area contributed by atoms with E-state index in [4.69, 9.17) is 4.74 Å². The topological polar surface area (TPSA) is 102 Å². The van der Waals surface area contributed by atoms with Gasteiger partial charge in [-0.25, -0.2) is 0 Å². The van der Waals surface area contributed by atoms with Gasteiger partial charge in [0.25, 0.3) is 11.4 Å². The van der Waals surface area contributed by atoms with E-state index in [0.717, 1.165) is 56.7 Å². The molecule has 0 saturated carbocycles. The summed E-state index contributed by atoms with van der Waals surface area (Å²) in [5, 5.41) is 21.7. The number of nitrogens with zero attached hydrogens (tertiary/aromatic N) is 4. The molecule has 9 nitrogen and oxygen atoms in total. The van der Waals surface area contributed by atoms with Gasteiger partial charge in [0.2, 0.25) is 0 Å². The van der Waals surface area contributed by atoms with Crippen molar-refractivity contribution in [2.75, 3.05) is 39.3 Å². The molecule has 1 heterocycles. The molecule has 1 atom stereocenters. The number of nitro benzene ring substituents is 2. The lowest BCUT2D eigenvalue weighted by molar-refractivity contribution is -0.385. The second-order valence-electron chi connectivity index (χ2n) is 9.76. The molecule has 2 aromatic rings. The van der Waals surface area contributed by atoms with Crippen molar-refractivity contribution < 1.29 is 14.6 Å². The fourth-order valence-corrected chi connectivity index (χ4v) is 4.09. The molecule has 0 aromatic heterocycles. The van der Waals surface area contributed by atoms with Gasteiger partial charge in [-0.15, -0.1) is 0 Å². The molecule has 1 aliphatic heterocycles. The van der Waals surface area contributed by atoms with E-state index < -0.39 is 0 Å². The van der Waals surface area contributed by atoms with E-state index in [1.807, 2.05) is 24.3 Å². The van der Waals surface area contributed by atoms with Crippen LogP contribution in [0, 0.1) is 20.2 Å². The summed E-state index contributed by atoms with van der Waals surface area (Å²) in [6, 6.07) is 13.8. The molecular weight excluding hydrogens is 436 g/mol. The van der Waals surface area contributed by atoms with Crippen LogP contribution in [0.4, 0.5) is 11.4 Å². The van der Waals surface area contributed by atoms with E-state index in [1.165, 1.54) is 0 Å². The molecule has 3 rings (SSSR count). The Morgan fingerprint density at radius 2 is 1.35 bits per heavy atom. The van der Waals surface area contributed by atoms with Gasteiger partial charge in [-0.05, 0) is 44.7 Å². The average Bonchev–Trinajstić information content (AvgIpc) is 2.80. The first-order chi connectivity index (χ1) is 16.1. The smallest absolute Gasteiger partial charge is 0.269 e. The van der Waals surface area contributed by atoms with Gasteiger partial charge in [-0.2, -0.15) is 0 Å². The fourth-order valence-electron chi connectivity index (χ4n) is 4.09. The molecule has 1 saturated heterocycles. The first-order valence-electron chi connectivity index (χ1n) is 11.7. The van der Waals surface area contributed by atoms with E-state index in [-0.39, 0.29) is 32.9 Å². The van der Waals surface area contributed by atoms with Crippen molar-refractivity contribution in [1.29, 1.82) is 0 Å². The number of benzene rings is 2. The lowest BCUT2D eigenvalue weighted by Crippen LogP contribution is -2.56. The van der Waals surface area contributed by atoms with Crippen LogP contribution in [0.2, 0.25) is 0 Å². The standard InChI is InChI=1S/C25H34N4O5/c1-25(2,3)34-19-24-18-26(14-12-20-4-8-22(9-5-20)28(30)31)16-17-27(24)15-13-21-6-10-23(11-7-21)29(32)33/h4-11,24H,12-19H2,1-3H3. The number of hydrogen-bond donors (Lipinski definition) is 0. The van der Waals surface area contributed by atoms with Crippen molar-refractivity contribution in [2.45, 2.75) is 45.3 Å². The molecule has 1 aliphatic rings. The molecule has 9 heteroatoms. The van der Waals surface area contributed by atoms with Crippen molar-refractivity contribution >= 4 is 11.4 Å².